The number of aromatic hydroxyl groups is 1. The molecule has 8 N–H and O–H groups in total. The molecule has 0 radical (unpaired) electrons. The molecular formula is C21H32N4O7. The largest absolute Gasteiger partial charge is 0.508 e. The average molecular weight is 453 g/mol. The van der Waals surface area contributed by atoms with Crippen molar-refractivity contribution >= 4 is 23.7 Å². The first-order valence-electron chi connectivity index (χ1n) is 10.3. The number of phenolic OH excluding ortho intramolecular Hbond substituents is 1. The molecule has 0 fully saturated rings. The molecule has 32 heavy (non-hydrogen) atoms. The maximum Gasteiger partial charge on any atom is 0.322 e. The predicted octanol–water partition coefficient (Wildman–Crippen LogP) is -1.14. The number of aliphatic carboxylic acids is 1. The number of nitrogens with two attached hydrogens (primary N) is 1. The van der Waals surface area contributed by atoms with Crippen molar-refractivity contribution in [2.24, 2.45) is 11.7 Å². The molecule has 1 aromatic rings. The van der Waals surface area contributed by atoms with Gasteiger partial charge in [-0.15, -0.1) is 0 Å². The minimum Gasteiger partial charge on any atom is -0.508 e. The Hall–Kier alpha value is -3.18. The highest BCUT2D eigenvalue weighted by Gasteiger charge is 2.33. The van der Waals surface area contributed by atoms with E-state index in [1.807, 2.05) is 6.92 Å². The molecule has 0 saturated heterocycles. The van der Waals surface area contributed by atoms with E-state index in [0.717, 1.165) is 5.56 Å². The van der Waals surface area contributed by atoms with Crippen molar-refractivity contribution in [3.05, 3.63) is 29.8 Å². The van der Waals surface area contributed by atoms with E-state index in [2.05, 4.69) is 16.0 Å². The summed E-state index contributed by atoms with van der Waals surface area (Å²) in [6.07, 6.45) is -0.608. The predicted molar refractivity (Wildman–Crippen MR) is 115 cm³/mol. The van der Waals surface area contributed by atoms with Crippen LogP contribution >= 0.6 is 0 Å². The van der Waals surface area contributed by atoms with Crippen LogP contribution in [0.25, 0.3) is 0 Å². The standard InChI is InChI=1S/C21H32N4O7/c1-4-11(2)17(21(32)25-18(12(3)26)20(31)23-10-16(28)29)24-19(30)15(22)9-13-5-7-14(27)8-6-13/h5-8,11-12,15,17-18,26-27H,4,9-10,22H2,1-3H3,(H,23,31)(H,24,30)(H,25,32)(H,28,29). The number of carboxylic acids is 1. The van der Waals surface area contributed by atoms with Gasteiger partial charge in [0.25, 0.3) is 0 Å². The second-order valence-corrected chi connectivity index (χ2v) is 7.69. The van der Waals surface area contributed by atoms with Gasteiger partial charge in [-0.25, -0.2) is 0 Å². The Morgan fingerprint density at radius 1 is 0.969 bits per heavy atom. The molecule has 11 nitrogen and oxygen atoms in total. The monoisotopic (exact) mass is 452 g/mol. The maximum absolute atomic E-state index is 12.9. The third-order valence-electron chi connectivity index (χ3n) is 5.00. The van der Waals surface area contributed by atoms with Gasteiger partial charge < -0.3 is 37.0 Å². The van der Waals surface area contributed by atoms with Gasteiger partial charge in [0, 0.05) is 0 Å². The number of nitrogens with one attached hydrogen (secondary N) is 3. The number of carbonyl (C=O) groups excluding carboxylic acids is 3. The van der Waals surface area contributed by atoms with E-state index in [0.29, 0.717) is 6.42 Å². The lowest BCUT2D eigenvalue weighted by atomic mass is 9.96. The minimum atomic E-state index is -1.41. The van der Waals surface area contributed by atoms with Crippen LogP contribution in [0.15, 0.2) is 24.3 Å². The second-order valence-electron chi connectivity index (χ2n) is 7.69. The van der Waals surface area contributed by atoms with Gasteiger partial charge in [-0.05, 0) is 37.0 Å². The van der Waals surface area contributed by atoms with E-state index in [-0.39, 0.29) is 18.1 Å². The van der Waals surface area contributed by atoms with Crippen molar-refractivity contribution in [3.63, 3.8) is 0 Å². The van der Waals surface area contributed by atoms with Gasteiger partial charge in [0.2, 0.25) is 17.7 Å². The lowest BCUT2D eigenvalue weighted by Crippen LogP contribution is -2.60. The smallest absolute Gasteiger partial charge is 0.322 e. The second kappa shape index (κ2) is 12.6. The Bertz CT molecular complexity index is 798. The van der Waals surface area contributed by atoms with Gasteiger partial charge in [0.15, 0.2) is 0 Å². The van der Waals surface area contributed by atoms with Gasteiger partial charge in [-0.2, -0.15) is 0 Å². The lowest BCUT2D eigenvalue weighted by molar-refractivity contribution is -0.139. The number of aliphatic hydroxyl groups excluding tert-OH is 1. The Morgan fingerprint density at radius 2 is 1.53 bits per heavy atom. The molecule has 0 aliphatic carbocycles. The van der Waals surface area contributed by atoms with Crippen LogP contribution in [-0.4, -0.2) is 69.8 Å². The maximum atomic E-state index is 12.9. The molecule has 0 aliphatic rings. The normalized spacial score (nSPS) is 15.5. The molecule has 5 atom stereocenters. The van der Waals surface area contributed by atoms with Crippen LogP contribution in [0.2, 0.25) is 0 Å². The fourth-order valence-electron chi connectivity index (χ4n) is 2.86. The first-order chi connectivity index (χ1) is 15.0. The highest BCUT2D eigenvalue weighted by atomic mass is 16.4. The minimum absolute atomic E-state index is 0.0836. The summed E-state index contributed by atoms with van der Waals surface area (Å²) in [6, 6.07) is 2.80. The molecule has 5 unspecified atom stereocenters. The van der Waals surface area contributed by atoms with E-state index in [4.69, 9.17) is 10.8 Å². The van der Waals surface area contributed by atoms with Crippen LogP contribution in [0.4, 0.5) is 0 Å². The molecule has 0 spiro atoms. The topological polar surface area (TPSA) is 191 Å². The molecule has 1 rings (SSSR count). The van der Waals surface area contributed by atoms with Crippen LogP contribution < -0.4 is 21.7 Å². The van der Waals surface area contributed by atoms with Gasteiger partial charge in [0.05, 0.1) is 12.1 Å². The first kappa shape index (κ1) is 26.9. The zero-order valence-electron chi connectivity index (χ0n) is 18.4. The van der Waals surface area contributed by atoms with Gasteiger partial charge >= 0.3 is 5.97 Å². The summed E-state index contributed by atoms with van der Waals surface area (Å²) in [4.78, 5) is 48.3. The van der Waals surface area contributed by atoms with E-state index in [1.54, 1.807) is 19.1 Å². The molecule has 11 heteroatoms. The molecule has 0 aliphatic heterocycles. The summed E-state index contributed by atoms with van der Waals surface area (Å²) in [5.41, 5.74) is 6.70. The molecule has 0 heterocycles. The molecule has 1 aromatic carbocycles. The molecule has 3 amide bonds. The number of carbonyl (C=O) groups is 4. The molecule has 0 aromatic heterocycles. The number of amides is 3. The van der Waals surface area contributed by atoms with Crippen LogP contribution in [0.1, 0.15) is 32.8 Å². The fourth-order valence-corrected chi connectivity index (χ4v) is 2.86. The van der Waals surface area contributed by atoms with Crippen LogP contribution in [0, 0.1) is 5.92 Å². The Labute approximate surface area is 186 Å². The average Bonchev–Trinajstić information content (AvgIpc) is 2.74. The first-order valence-corrected chi connectivity index (χ1v) is 10.3. The number of phenols is 1. The van der Waals surface area contributed by atoms with Crippen LogP contribution in [0.3, 0.4) is 0 Å². The lowest BCUT2D eigenvalue weighted by Gasteiger charge is -2.28. The van der Waals surface area contributed by atoms with Crippen molar-refractivity contribution < 1.29 is 34.5 Å². The van der Waals surface area contributed by atoms with Gasteiger partial charge in [0.1, 0.15) is 24.4 Å². The fraction of sp³-hybridized carbons (Fsp3) is 0.524. The summed E-state index contributed by atoms with van der Waals surface area (Å²) in [6.45, 7) is 4.16. The SMILES string of the molecule is CCC(C)C(NC(=O)C(N)Cc1ccc(O)cc1)C(=O)NC(C(=O)NCC(=O)O)C(C)O. The number of benzene rings is 1. The van der Waals surface area contributed by atoms with E-state index in [1.165, 1.54) is 19.1 Å². The Kier molecular flexibility index (Phi) is 10.6. The van der Waals surface area contributed by atoms with Crippen LogP contribution in [0.5, 0.6) is 5.75 Å². The van der Waals surface area contributed by atoms with Crippen molar-refractivity contribution in [2.75, 3.05) is 6.54 Å². The van der Waals surface area contributed by atoms with Crippen molar-refractivity contribution in [3.8, 4) is 5.75 Å². The number of carboxylic acid groups (broad SMARTS) is 1. The highest BCUT2D eigenvalue weighted by Crippen LogP contribution is 2.12. The Morgan fingerprint density at radius 3 is 2.03 bits per heavy atom. The number of hydrogen-bond donors (Lipinski definition) is 7. The number of rotatable bonds is 12. The van der Waals surface area contributed by atoms with Crippen LogP contribution in [-0.2, 0) is 25.6 Å². The van der Waals surface area contributed by atoms with Gasteiger partial charge in [-0.3, -0.25) is 19.2 Å². The zero-order valence-corrected chi connectivity index (χ0v) is 18.4. The summed E-state index contributed by atoms with van der Waals surface area (Å²) in [5.74, 6) is -3.67. The highest BCUT2D eigenvalue weighted by molar-refractivity contribution is 5.94. The summed E-state index contributed by atoms with van der Waals surface area (Å²) < 4.78 is 0. The number of hydrogen-bond acceptors (Lipinski definition) is 7. The molecule has 0 bridgehead atoms. The molecular weight excluding hydrogens is 420 g/mol. The summed E-state index contributed by atoms with van der Waals surface area (Å²) in [5, 5.41) is 35.0. The zero-order chi connectivity index (χ0) is 24.4. The Balaban J connectivity index is 2.87. The quantitative estimate of drug-likeness (QED) is 0.207. The third-order valence-corrected chi connectivity index (χ3v) is 5.00. The molecule has 0 saturated carbocycles. The summed E-state index contributed by atoms with van der Waals surface area (Å²) in [7, 11) is 0. The van der Waals surface area contributed by atoms with E-state index < -0.39 is 54.5 Å². The number of aliphatic hydroxyl groups is 1. The van der Waals surface area contributed by atoms with Gasteiger partial charge in [-0.1, -0.05) is 32.4 Å². The van der Waals surface area contributed by atoms with Crippen molar-refractivity contribution in [2.45, 2.75) is 57.8 Å². The van der Waals surface area contributed by atoms with Crippen molar-refractivity contribution in [1.82, 2.24) is 16.0 Å². The summed E-state index contributed by atoms with van der Waals surface area (Å²) >= 11 is 0. The van der Waals surface area contributed by atoms with E-state index >= 15 is 0 Å². The molecule has 178 valence electrons. The third kappa shape index (κ3) is 8.52. The van der Waals surface area contributed by atoms with E-state index in [9.17, 15) is 29.4 Å². The van der Waals surface area contributed by atoms with Crippen molar-refractivity contribution in [1.29, 1.82) is 0 Å².